The monoisotopic (exact) mass is 436 g/mol. The summed E-state index contributed by atoms with van der Waals surface area (Å²) >= 11 is 0. The van der Waals surface area contributed by atoms with E-state index < -0.39 is 0 Å². The molecule has 0 fully saturated rings. The van der Waals surface area contributed by atoms with Crippen LogP contribution in [0.25, 0.3) is 5.82 Å². The summed E-state index contributed by atoms with van der Waals surface area (Å²) in [6.45, 7) is 6.00. The lowest BCUT2D eigenvalue weighted by molar-refractivity contribution is 0.310. The van der Waals surface area contributed by atoms with Crippen LogP contribution in [0.2, 0.25) is 0 Å². The Balaban J connectivity index is 1.43. The Hall–Kier alpha value is -3.55. The minimum atomic E-state index is 0.616. The lowest BCUT2D eigenvalue weighted by Gasteiger charge is -2.13. The molecule has 3 aromatic rings. The van der Waals surface area contributed by atoms with Crippen LogP contribution in [0.3, 0.4) is 0 Å². The van der Waals surface area contributed by atoms with Gasteiger partial charge in [-0.3, -0.25) is 9.56 Å². The highest BCUT2D eigenvalue weighted by Crippen LogP contribution is 2.28. The average molecular weight is 437 g/mol. The molecular weight excluding hydrogens is 404 g/mol. The van der Waals surface area contributed by atoms with E-state index in [2.05, 4.69) is 43.8 Å². The van der Waals surface area contributed by atoms with Gasteiger partial charge in [0.1, 0.15) is 11.6 Å². The van der Waals surface area contributed by atoms with E-state index in [1.54, 1.807) is 20.4 Å². The third-order valence-corrected chi connectivity index (χ3v) is 5.03. The first-order valence-corrected chi connectivity index (χ1v) is 10.8. The fraction of sp³-hybridized carbons (Fsp3) is 0.375. The van der Waals surface area contributed by atoms with Crippen molar-refractivity contribution in [2.75, 3.05) is 27.3 Å². The molecule has 0 radical (unpaired) electrons. The number of nitrogens with one attached hydrogen (secondary N) is 2. The molecule has 2 aromatic heterocycles. The van der Waals surface area contributed by atoms with Crippen LogP contribution in [0.15, 0.2) is 53.9 Å². The van der Waals surface area contributed by atoms with Gasteiger partial charge in [0, 0.05) is 38.7 Å². The summed E-state index contributed by atoms with van der Waals surface area (Å²) in [5, 5.41) is 6.70. The van der Waals surface area contributed by atoms with E-state index in [1.807, 2.05) is 42.9 Å². The van der Waals surface area contributed by atoms with E-state index in [4.69, 9.17) is 9.47 Å². The summed E-state index contributed by atoms with van der Waals surface area (Å²) in [5.74, 6) is 4.10. The minimum absolute atomic E-state index is 0.616. The first kappa shape index (κ1) is 23.1. The molecule has 0 saturated carbocycles. The molecule has 0 spiro atoms. The van der Waals surface area contributed by atoms with Gasteiger partial charge in [-0.05, 0) is 56.0 Å². The Bertz CT molecular complexity index is 1010. The normalized spacial score (nSPS) is 11.3. The SMILES string of the molecule is CCOc1cc(CCCNC(=NC)NCc2ccc(-n3ccnc3C)nc2)ccc1OC. The highest BCUT2D eigenvalue weighted by atomic mass is 16.5. The number of methoxy groups -OCH3 is 1. The zero-order valence-electron chi connectivity index (χ0n) is 19.3. The van der Waals surface area contributed by atoms with Crippen LogP contribution in [0, 0.1) is 6.92 Å². The molecule has 2 heterocycles. The second-order valence-electron chi connectivity index (χ2n) is 7.24. The molecule has 0 aliphatic heterocycles. The maximum atomic E-state index is 5.66. The fourth-order valence-electron chi connectivity index (χ4n) is 3.33. The van der Waals surface area contributed by atoms with Crippen LogP contribution in [-0.4, -0.2) is 47.8 Å². The predicted molar refractivity (Wildman–Crippen MR) is 127 cm³/mol. The van der Waals surface area contributed by atoms with Gasteiger partial charge in [0.25, 0.3) is 0 Å². The van der Waals surface area contributed by atoms with Crippen molar-refractivity contribution in [2.45, 2.75) is 33.2 Å². The molecule has 0 amide bonds. The van der Waals surface area contributed by atoms with E-state index in [0.29, 0.717) is 13.2 Å². The van der Waals surface area contributed by atoms with E-state index >= 15 is 0 Å². The maximum absolute atomic E-state index is 5.66. The summed E-state index contributed by atoms with van der Waals surface area (Å²) in [7, 11) is 3.43. The van der Waals surface area contributed by atoms with Crippen molar-refractivity contribution in [3.63, 3.8) is 0 Å². The first-order chi connectivity index (χ1) is 15.6. The van der Waals surface area contributed by atoms with Gasteiger partial charge in [0.15, 0.2) is 17.5 Å². The number of ether oxygens (including phenoxy) is 2. The van der Waals surface area contributed by atoms with Gasteiger partial charge in [-0.2, -0.15) is 0 Å². The number of guanidine groups is 1. The smallest absolute Gasteiger partial charge is 0.191 e. The van der Waals surface area contributed by atoms with Crippen LogP contribution in [0.4, 0.5) is 0 Å². The number of pyridine rings is 1. The van der Waals surface area contributed by atoms with E-state index in [-0.39, 0.29) is 0 Å². The molecule has 0 bridgehead atoms. The second kappa shape index (κ2) is 11.7. The number of hydrogen-bond donors (Lipinski definition) is 2. The van der Waals surface area contributed by atoms with Gasteiger partial charge in [0.2, 0.25) is 0 Å². The molecule has 3 rings (SSSR count). The lowest BCUT2D eigenvalue weighted by Crippen LogP contribution is -2.37. The molecule has 0 atom stereocenters. The van der Waals surface area contributed by atoms with Gasteiger partial charge in [-0.25, -0.2) is 9.97 Å². The highest BCUT2D eigenvalue weighted by Gasteiger charge is 2.06. The van der Waals surface area contributed by atoms with Gasteiger partial charge in [-0.15, -0.1) is 0 Å². The summed E-state index contributed by atoms with van der Waals surface area (Å²) < 4.78 is 13.0. The Morgan fingerprint density at radius 2 is 1.94 bits per heavy atom. The number of aryl methyl sites for hydroxylation is 2. The van der Waals surface area contributed by atoms with Crippen LogP contribution < -0.4 is 20.1 Å². The largest absolute Gasteiger partial charge is 0.493 e. The number of benzene rings is 1. The number of nitrogens with zero attached hydrogens (tertiary/aromatic N) is 4. The van der Waals surface area contributed by atoms with Crippen molar-refractivity contribution in [1.29, 1.82) is 0 Å². The third kappa shape index (κ3) is 6.23. The molecule has 1 aromatic carbocycles. The minimum Gasteiger partial charge on any atom is -0.493 e. The lowest BCUT2D eigenvalue weighted by atomic mass is 10.1. The summed E-state index contributed by atoms with van der Waals surface area (Å²) in [6.07, 6.45) is 7.46. The Morgan fingerprint density at radius 3 is 2.59 bits per heavy atom. The van der Waals surface area contributed by atoms with E-state index in [1.165, 1.54) is 5.56 Å². The molecule has 170 valence electrons. The molecule has 0 unspecified atom stereocenters. The van der Waals surface area contributed by atoms with Gasteiger partial charge < -0.3 is 20.1 Å². The fourth-order valence-corrected chi connectivity index (χ4v) is 3.33. The number of rotatable bonds is 10. The molecule has 8 nitrogen and oxygen atoms in total. The number of imidazole rings is 1. The van der Waals surface area contributed by atoms with Crippen molar-refractivity contribution in [1.82, 2.24) is 25.2 Å². The van der Waals surface area contributed by atoms with Crippen molar-refractivity contribution in [2.24, 2.45) is 4.99 Å². The average Bonchev–Trinajstić information content (AvgIpc) is 3.25. The standard InChI is InChI=1S/C24H32N6O2/c1-5-32-22-15-19(8-10-21(22)31-4)7-6-12-27-24(25-3)29-17-20-9-11-23(28-16-20)30-14-13-26-18(30)2/h8-11,13-16H,5-7,12,17H2,1-4H3,(H2,25,27,29). The molecule has 32 heavy (non-hydrogen) atoms. The van der Waals surface area contributed by atoms with Gasteiger partial charge >= 0.3 is 0 Å². The quantitative estimate of drug-likeness (QED) is 0.288. The number of aromatic nitrogens is 3. The Kier molecular flexibility index (Phi) is 8.48. The van der Waals surface area contributed by atoms with Crippen molar-refractivity contribution >= 4 is 5.96 Å². The first-order valence-electron chi connectivity index (χ1n) is 10.8. The van der Waals surface area contributed by atoms with Gasteiger partial charge in [-0.1, -0.05) is 12.1 Å². The molecule has 8 heteroatoms. The number of hydrogen-bond acceptors (Lipinski definition) is 5. The Labute approximate surface area is 189 Å². The molecule has 0 aliphatic rings. The van der Waals surface area contributed by atoms with Crippen LogP contribution >= 0.6 is 0 Å². The molecule has 0 saturated heterocycles. The zero-order chi connectivity index (χ0) is 22.8. The molecular formula is C24H32N6O2. The molecule has 0 aliphatic carbocycles. The Morgan fingerprint density at radius 1 is 1.09 bits per heavy atom. The van der Waals surface area contributed by atoms with Crippen LogP contribution in [-0.2, 0) is 13.0 Å². The second-order valence-corrected chi connectivity index (χ2v) is 7.24. The molecule has 2 N–H and O–H groups in total. The van der Waals surface area contributed by atoms with E-state index in [9.17, 15) is 0 Å². The van der Waals surface area contributed by atoms with Crippen molar-refractivity contribution in [3.8, 4) is 17.3 Å². The highest BCUT2D eigenvalue weighted by molar-refractivity contribution is 5.79. The number of aliphatic imine (C=N–C) groups is 1. The van der Waals surface area contributed by atoms with E-state index in [0.717, 1.165) is 54.1 Å². The predicted octanol–water partition coefficient (Wildman–Crippen LogP) is 3.28. The summed E-state index contributed by atoms with van der Waals surface area (Å²) in [5.41, 5.74) is 2.30. The topological polar surface area (TPSA) is 85.6 Å². The summed E-state index contributed by atoms with van der Waals surface area (Å²) in [4.78, 5) is 13.1. The maximum Gasteiger partial charge on any atom is 0.191 e. The zero-order valence-corrected chi connectivity index (χ0v) is 19.3. The summed E-state index contributed by atoms with van der Waals surface area (Å²) in [6, 6.07) is 10.1. The van der Waals surface area contributed by atoms with Gasteiger partial charge in [0.05, 0.1) is 13.7 Å². The van der Waals surface area contributed by atoms with Crippen molar-refractivity contribution < 1.29 is 9.47 Å². The van der Waals surface area contributed by atoms with Crippen LogP contribution in [0.5, 0.6) is 11.5 Å². The van der Waals surface area contributed by atoms with Crippen molar-refractivity contribution in [3.05, 3.63) is 65.9 Å². The van der Waals surface area contributed by atoms with Crippen LogP contribution in [0.1, 0.15) is 30.3 Å². The third-order valence-electron chi connectivity index (χ3n) is 5.03.